The third kappa shape index (κ3) is 3.71. The van der Waals surface area contributed by atoms with Gasteiger partial charge < -0.3 is 15.0 Å². The summed E-state index contributed by atoms with van der Waals surface area (Å²) in [6, 6.07) is 9.03. The van der Waals surface area contributed by atoms with Crippen LogP contribution >= 0.6 is 0 Å². The molecule has 2 fully saturated rings. The Morgan fingerprint density at radius 1 is 1.26 bits per heavy atom. The molecule has 1 atom stereocenters. The van der Waals surface area contributed by atoms with Crippen LogP contribution in [0, 0.1) is 5.41 Å². The lowest BCUT2D eigenvalue weighted by atomic mass is 9.80. The van der Waals surface area contributed by atoms with Crippen LogP contribution in [0.5, 0.6) is 5.88 Å². The van der Waals surface area contributed by atoms with Gasteiger partial charge in [-0.15, -0.1) is 0 Å². The fourth-order valence-corrected chi connectivity index (χ4v) is 6.39. The Balaban J connectivity index is 1.48. The van der Waals surface area contributed by atoms with Crippen molar-refractivity contribution < 1.29 is 17.9 Å². The van der Waals surface area contributed by atoms with Crippen LogP contribution < -0.4 is 10.1 Å². The lowest BCUT2D eigenvalue weighted by molar-refractivity contribution is 0.130. The molecule has 2 saturated heterocycles. The quantitative estimate of drug-likeness (QED) is 0.853. The van der Waals surface area contributed by atoms with E-state index in [4.69, 9.17) is 4.74 Å². The maximum absolute atomic E-state index is 12.7. The molecule has 27 heavy (non-hydrogen) atoms. The minimum atomic E-state index is -2.97. The Morgan fingerprint density at radius 2 is 2.11 bits per heavy atom. The molecular weight excluding hydrogens is 366 g/mol. The number of ether oxygens (including phenoxy) is 1. The minimum absolute atomic E-state index is 0.181. The molecule has 8 heteroatoms. The SMILES string of the molecule is COc1ccc2cc(NC(=O)N3CCCC4(CCS(=O)(=O)C4)C3)ccc2n1. The van der Waals surface area contributed by atoms with E-state index in [0.717, 1.165) is 23.7 Å². The van der Waals surface area contributed by atoms with Gasteiger partial charge in [0.2, 0.25) is 5.88 Å². The number of pyridine rings is 1. The predicted octanol–water partition coefficient (Wildman–Crippen LogP) is 2.68. The number of sulfone groups is 1. The van der Waals surface area contributed by atoms with Gasteiger partial charge in [-0.25, -0.2) is 18.2 Å². The van der Waals surface area contributed by atoms with Crippen molar-refractivity contribution in [2.45, 2.75) is 19.3 Å². The summed E-state index contributed by atoms with van der Waals surface area (Å²) >= 11 is 0. The Kier molecular flexibility index (Phi) is 4.46. The van der Waals surface area contributed by atoms with Crippen molar-refractivity contribution in [1.29, 1.82) is 0 Å². The summed E-state index contributed by atoms with van der Waals surface area (Å²) in [5.74, 6) is 0.987. The van der Waals surface area contributed by atoms with E-state index in [2.05, 4.69) is 10.3 Å². The van der Waals surface area contributed by atoms with Crippen LogP contribution in [0.2, 0.25) is 0 Å². The number of benzene rings is 1. The van der Waals surface area contributed by atoms with Crippen molar-refractivity contribution in [2.24, 2.45) is 5.41 Å². The van der Waals surface area contributed by atoms with Gasteiger partial charge in [-0.1, -0.05) is 0 Å². The number of nitrogens with one attached hydrogen (secondary N) is 1. The molecule has 2 aromatic rings. The maximum atomic E-state index is 12.7. The third-order valence-electron chi connectivity index (χ3n) is 5.54. The van der Waals surface area contributed by atoms with Crippen molar-refractivity contribution >= 4 is 32.5 Å². The van der Waals surface area contributed by atoms with Gasteiger partial charge >= 0.3 is 6.03 Å². The van der Waals surface area contributed by atoms with E-state index in [1.807, 2.05) is 24.3 Å². The summed E-state index contributed by atoms with van der Waals surface area (Å²) in [5.41, 5.74) is 1.22. The van der Waals surface area contributed by atoms with Crippen LogP contribution in [0.3, 0.4) is 0 Å². The second-order valence-electron chi connectivity index (χ2n) is 7.56. The second kappa shape index (κ2) is 6.67. The lowest BCUT2D eigenvalue weighted by Gasteiger charge is -2.39. The number of nitrogens with zero attached hydrogens (tertiary/aromatic N) is 2. The van der Waals surface area contributed by atoms with E-state index in [1.165, 1.54) is 0 Å². The number of rotatable bonds is 2. The van der Waals surface area contributed by atoms with E-state index in [-0.39, 0.29) is 23.0 Å². The highest BCUT2D eigenvalue weighted by Crippen LogP contribution is 2.40. The molecule has 144 valence electrons. The van der Waals surface area contributed by atoms with Crippen molar-refractivity contribution in [3.05, 3.63) is 30.3 Å². The van der Waals surface area contributed by atoms with Crippen molar-refractivity contribution in [1.82, 2.24) is 9.88 Å². The van der Waals surface area contributed by atoms with Gasteiger partial charge in [0.05, 0.1) is 24.1 Å². The second-order valence-corrected chi connectivity index (χ2v) is 9.74. The Bertz CT molecular complexity index is 992. The van der Waals surface area contributed by atoms with Crippen LogP contribution in [0.15, 0.2) is 30.3 Å². The topological polar surface area (TPSA) is 88.6 Å². The van der Waals surface area contributed by atoms with Gasteiger partial charge in [0.15, 0.2) is 9.84 Å². The predicted molar refractivity (Wildman–Crippen MR) is 104 cm³/mol. The number of carbonyl (C=O) groups excluding carboxylic acids is 1. The standard InChI is InChI=1S/C19H23N3O4S/c1-26-17-6-3-14-11-15(4-5-16(14)21-17)20-18(23)22-9-2-7-19(12-22)8-10-27(24,25)13-19/h3-6,11H,2,7-10,12-13H2,1H3,(H,20,23). The molecule has 4 rings (SSSR count). The number of methoxy groups -OCH3 is 1. The first-order chi connectivity index (χ1) is 12.9. The average molecular weight is 389 g/mol. The highest BCUT2D eigenvalue weighted by atomic mass is 32.2. The summed E-state index contributed by atoms with van der Waals surface area (Å²) < 4.78 is 28.9. The third-order valence-corrected chi connectivity index (χ3v) is 7.42. The molecule has 0 radical (unpaired) electrons. The first-order valence-electron chi connectivity index (χ1n) is 9.09. The van der Waals surface area contributed by atoms with E-state index in [1.54, 1.807) is 18.1 Å². The molecule has 0 aliphatic carbocycles. The Morgan fingerprint density at radius 3 is 2.85 bits per heavy atom. The van der Waals surface area contributed by atoms with E-state index in [0.29, 0.717) is 31.1 Å². The molecule has 0 saturated carbocycles. The van der Waals surface area contributed by atoms with Crippen molar-refractivity contribution in [2.75, 3.05) is 37.0 Å². The first kappa shape index (κ1) is 18.0. The highest BCUT2D eigenvalue weighted by molar-refractivity contribution is 7.91. The number of urea groups is 1. The number of anilines is 1. The number of amides is 2. The summed E-state index contributed by atoms with van der Waals surface area (Å²) in [5, 5.41) is 3.85. The van der Waals surface area contributed by atoms with E-state index in [9.17, 15) is 13.2 Å². The zero-order valence-corrected chi connectivity index (χ0v) is 16.1. The summed E-state index contributed by atoms with van der Waals surface area (Å²) in [6.45, 7) is 1.16. The van der Waals surface area contributed by atoms with Crippen LogP contribution in [-0.4, -0.2) is 56.0 Å². The van der Waals surface area contributed by atoms with Crippen molar-refractivity contribution in [3.8, 4) is 5.88 Å². The fraction of sp³-hybridized carbons (Fsp3) is 0.474. The number of carbonyl (C=O) groups is 1. The lowest BCUT2D eigenvalue weighted by Crippen LogP contribution is -2.48. The molecule has 1 N–H and O–H groups in total. The zero-order valence-electron chi connectivity index (χ0n) is 15.3. The molecule has 1 aromatic heterocycles. The highest BCUT2D eigenvalue weighted by Gasteiger charge is 2.45. The van der Waals surface area contributed by atoms with Gasteiger partial charge in [0, 0.05) is 35.6 Å². The fourth-order valence-electron chi connectivity index (χ4n) is 4.19. The molecule has 3 heterocycles. The number of piperidine rings is 1. The monoisotopic (exact) mass is 389 g/mol. The smallest absolute Gasteiger partial charge is 0.321 e. The first-order valence-corrected chi connectivity index (χ1v) is 10.9. The number of hydrogen-bond acceptors (Lipinski definition) is 5. The molecule has 2 amide bonds. The average Bonchev–Trinajstić information content (AvgIpc) is 2.95. The van der Waals surface area contributed by atoms with Crippen LogP contribution in [0.1, 0.15) is 19.3 Å². The molecule has 7 nitrogen and oxygen atoms in total. The Labute approximate surface area is 158 Å². The molecule has 2 aliphatic rings. The van der Waals surface area contributed by atoms with E-state index < -0.39 is 9.84 Å². The van der Waals surface area contributed by atoms with Gasteiger partial charge in [0.25, 0.3) is 0 Å². The summed E-state index contributed by atoms with van der Waals surface area (Å²) in [7, 11) is -1.39. The Hall–Kier alpha value is -2.35. The normalized spacial score (nSPS) is 24.3. The molecule has 0 bridgehead atoms. The molecule has 1 unspecified atom stereocenters. The van der Waals surface area contributed by atoms with Crippen molar-refractivity contribution in [3.63, 3.8) is 0 Å². The molecule has 1 aromatic carbocycles. The molecular formula is C19H23N3O4S. The van der Waals surface area contributed by atoms with Gasteiger partial charge in [-0.05, 0) is 43.5 Å². The van der Waals surface area contributed by atoms with Crippen LogP contribution in [0.25, 0.3) is 10.9 Å². The van der Waals surface area contributed by atoms with Gasteiger partial charge in [-0.3, -0.25) is 0 Å². The van der Waals surface area contributed by atoms with Crippen LogP contribution in [0.4, 0.5) is 10.5 Å². The van der Waals surface area contributed by atoms with Gasteiger partial charge in [-0.2, -0.15) is 0 Å². The van der Waals surface area contributed by atoms with E-state index >= 15 is 0 Å². The molecule has 2 aliphatic heterocycles. The molecule has 1 spiro atoms. The summed E-state index contributed by atoms with van der Waals surface area (Å²) in [6.07, 6.45) is 2.37. The number of hydrogen-bond donors (Lipinski definition) is 1. The minimum Gasteiger partial charge on any atom is -0.481 e. The summed E-state index contributed by atoms with van der Waals surface area (Å²) in [4.78, 5) is 18.8. The number of fused-ring (bicyclic) bond motifs is 1. The maximum Gasteiger partial charge on any atom is 0.321 e. The van der Waals surface area contributed by atoms with Crippen LogP contribution in [-0.2, 0) is 9.84 Å². The largest absolute Gasteiger partial charge is 0.481 e. The number of likely N-dealkylation sites (tertiary alicyclic amines) is 1. The van der Waals surface area contributed by atoms with Gasteiger partial charge in [0.1, 0.15) is 0 Å². The zero-order chi connectivity index (χ0) is 19.1. The number of aromatic nitrogens is 1.